The van der Waals surface area contributed by atoms with E-state index in [4.69, 9.17) is 9.47 Å². The molecule has 0 bridgehead atoms. The summed E-state index contributed by atoms with van der Waals surface area (Å²) in [4.78, 5) is 14.9. The number of methoxy groups -OCH3 is 2. The lowest BCUT2D eigenvalue weighted by molar-refractivity contribution is -0.129. The Labute approximate surface area is 161 Å². The molecule has 2 aromatic rings. The van der Waals surface area contributed by atoms with E-state index in [1.807, 2.05) is 35.2 Å². The van der Waals surface area contributed by atoms with Crippen LogP contribution in [-0.4, -0.2) is 37.6 Å². The van der Waals surface area contributed by atoms with Crippen LogP contribution in [0.5, 0.6) is 11.5 Å². The van der Waals surface area contributed by atoms with Gasteiger partial charge < -0.3 is 14.4 Å². The summed E-state index contributed by atoms with van der Waals surface area (Å²) in [5.74, 6) is 1.41. The molecule has 0 radical (unpaired) electrons. The van der Waals surface area contributed by atoms with Crippen molar-refractivity contribution in [2.45, 2.75) is 31.7 Å². The molecule has 4 heteroatoms. The van der Waals surface area contributed by atoms with Crippen LogP contribution in [0.1, 0.15) is 30.4 Å². The van der Waals surface area contributed by atoms with Gasteiger partial charge in [-0.15, -0.1) is 0 Å². The van der Waals surface area contributed by atoms with E-state index in [9.17, 15) is 4.79 Å². The van der Waals surface area contributed by atoms with Crippen LogP contribution in [0.2, 0.25) is 0 Å². The highest BCUT2D eigenvalue weighted by Gasteiger charge is 2.25. The van der Waals surface area contributed by atoms with Crippen molar-refractivity contribution in [3.63, 3.8) is 0 Å². The van der Waals surface area contributed by atoms with Crippen LogP contribution < -0.4 is 9.47 Å². The molecule has 4 nitrogen and oxygen atoms in total. The van der Waals surface area contributed by atoms with Crippen LogP contribution in [0.15, 0.2) is 54.6 Å². The fourth-order valence-electron chi connectivity index (χ4n) is 3.61. The van der Waals surface area contributed by atoms with E-state index in [1.165, 1.54) is 12.0 Å². The number of hydrogen-bond acceptors (Lipinski definition) is 3. The molecule has 0 aromatic heterocycles. The molecule has 1 saturated heterocycles. The fourth-order valence-corrected chi connectivity index (χ4v) is 3.61. The zero-order chi connectivity index (χ0) is 19.1. The molecule has 1 aliphatic heterocycles. The Balaban J connectivity index is 1.70. The Hall–Kier alpha value is -2.75. The van der Waals surface area contributed by atoms with E-state index in [2.05, 4.69) is 24.3 Å². The highest BCUT2D eigenvalue weighted by atomic mass is 16.5. The predicted octanol–water partition coefficient (Wildman–Crippen LogP) is 4.34. The van der Waals surface area contributed by atoms with Crippen LogP contribution in [-0.2, 0) is 11.2 Å². The van der Waals surface area contributed by atoms with Crippen LogP contribution in [0.25, 0.3) is 6.08 Å². The van der Waals surface area contributed by atoms with Crippen molar-refractivity contribution in [3.05, 3.63) is 65.7 Å². The summed E-state index contributed by atoms with van der Waals surface area (Å²) >= 11 is 0. The van der Waals surface area contributed by atoms with Gasteiger partial charge in [-0.05, 0) is 55.0 Å². The van der Waals surface area contributed by atoms with Crippen molar-refractivity contribution < 1.29 is 14.3 Å². The molecular weight excluding hydrogens is 338 g/mol. The topological polar surface area (TPSA) is 38.8 Å². The Bertz CT molecular complexity index is 785. The van der Waals surface area contributed by atoms with Crippen molar-refractivity contribution in [2.75, 3.05) is 20.8 Å². The second-order valence-corrected chi connectivity index (χ2v) is 6.82. The summed E-state index contributed by atoms with van der Waals surface area (Å²) in [6.07, 6.45) is 7.74. The summed E-state index contributed by atoms with van der Waals surface area (Å²) in [5.41, 5.74) is 2.20. The third-order valence-corrected chi connectivity index (χ3v) is 5.05. The molecule has 0 aliphatic carbocycles. The van der Waals surface area contributed by atoms with E-state index in [1.54, 1.807) is 20.3 Å². The van der Waals surface area contributed by atoms with Gasteiger partial charge in [0.05, 0.1) is 14.2 Å². The first-order valence-corrected chi connectivity index (χ1v) is 9.46. The molecule has 1 fully saturated rings. The minimum atomic E-state index is 0.0745. The minimum Gasteiger partial charge on any atom is -0.493 e. The van der Waals surface area contributed by atoms with Gasteiger partial charge in [-0.2, -0.15) is 0 Å². The highest BCUT2D eigenvalue weighted by Crippen LogP contribution is 2.28. The Kier molecular flexibility index (Phi) is 6.53. The molecule has 1 amide bonds. The summed E-state index contributed by atoms with van der Waals surface area (Å²) in [5, 5.41) is 0. The van der Waals surface area contributed by atoms with Crippen LogP contribution in [0.3, 0.4) is 0 Å². The number of benzene rings is 2. The third-order valence-electron chi connectivity index (χ3n) is 5.05. The maximum atomic E-state index is 12.8. The minimum absolute atomic E-state index is 0.0745. The molecule has 3 rings (SSSR count). The summed E-state index contributed by atoms with van der Waals surface area (Å²) in [6.45, 7) is 0.826. The standard InChI is InChI=1S/C23H27NO3/c1-26-21-13-11-19(17-22(21)27-2)12-14-23(25)24-15-7-6-10-20(24)16-18-8-4-3-5-9-18/h3-5,8-9,11-14,17,20H,6-7,10,15-16H2,1-2H3/b14-12+/t20-/m0/s1. The Morgan fingerprint density at radius 1 is 1.07 bits per heavy atom. The van der Waals surface area contributed by atoms with Crippen LogP contribution >= 0.6 is 0 Å². The number of nitrogens with zero attached hydrogens (tertiary/aromatic N) is 1. The lowest BCUT2D eigenvalue weighted by Crippen LogP contribution is -2.44. The zero-order valence-electron chi connectivity index (χ0n) is 16.1. The lowest BCUT2D eigenvalue weighted by Gasteiger charge is -2.35. The van der Waals surface area contributed by atoms with E-state index >= 15 is 0 Å². The first-order valence-electron chi connectivity index (χ1n) is 9.46. The number of rotatable bonds is 6. The summed E-state index contributed by atoms with van der Waals surface area (Å²) in [6, 6.07) is 16.3. The van der Waals surface area contributed by atoms with Gasteiger partial charge in [-0.3, -0.25) is 4.79 Å². The number of piperidine rings is 1. The first-order chi connectivity index (χ1) is 13.2. The average Bonchev–Trinajstić information content (AvgIpc) is 2.73. The van der Waals surface area contributed by atoms with Crippen molar-refractivity contribution in [3.8, 4) is 11.5 Å². The van der Waals surface area contributed by atoms with E-state index in [-0.39, 0.29) is 11.9 Å². The SMILES string of the molecule is COc1ccc(/C=C/C(=O)N2CCCC[C@H]2Cc2ccccc2)cc1OC. The first kappa shape index (κ1) is 19.0. The number of amides is 1. The summed E-state index contributed by atoms with van der Waals surface area (Å²) < 4.78 is 10.6. The largest absolute Gasteiger partial charge is 0.493 e. The molecule has 0 N–H and O–H groups in total. The number of ether oxygens (including phenoxy) is 2. The van der Waals surface area contributed by atoms with Gasteiger partial charge in [0.15, 0.2) is 11.5 Å². The second kappa shape index (κ2) is 9.26. The van der Waals surface area contributed by atoms with E-state index < -0.39 is 0 Å². The maximum absolute atomic E-state index is 12.8. The monoisotopic (exact) mass is 365 g/mol. The number of hydrogen-bond donors (Lipinski definition) is 0. The number of carbonyl (C=O) groups excluding carboxylic acids is 1. The molecule has 142 valence electrons. The molecule has 0 unspecified atom stereocenters. The zero-order valence-corrected chi connectivity index (χ0v) is 16.1. The third kappa shape index (κ3) is 4.91. The molecule has 1 heterocycles. The second-order valence-electron chi connectivity index (χ2n) is 6.82. The normalized spacial score (nSPS) is 17.1. The van der Waals surface area contributed by atoms with E-state index in [0.29, 0.717) is 11.5 Å². The van der Waals surface area contributed by atoms with Crippen molar-refractivity contribution in [1.82, 2.24) is 4.90 Å². The van der Waals surface area contributed by atoms with Gasteiger partial charge in [-0.1, -0.05) is 36.4 Å². The molecule has 1 aliphatic rings. The quantitative estimate of drug-likeness (QED) is 0.715. The van der Waals surface area contributed by atoms with E-state index in [0.717, 1.165) is 31.4 Å². The highest BCUT2D eigenvalue weighted by molar-refractivity contribution is 5.92. The smallest absolute Gasteiger partial charge is 0.246 e. The Morgan fingerprint density at radius 2 is 1.85 bits per heavy atom. The van der Waals surface area contributed by atoms with Gasteiger partial charge in [0.1, 0.15) is 0 Å². The predicted molar refractivity (Wildman–Crippen MR) is 108 cm³/mol. The van der Waals surface area contributed by atoms with Crippen LogP contribution in [0, 0.1) is 0 Å². The Morgan fingerprint density at radius 3 is 2.59 bits per heavy atom. The molecular formula is C23H27NO3. The lowest BCUT2D eigenvalue weighted by atomic mass is 9.95. The van der Waals surface area contributed by atoms with Crippen molar-refractivity contribution >= 4 is 12.0 Å². The fraction of sp³-hybridized carbons (Fsp3) is 0.348. The van der Waals surface area contributed by atoms with Gasteiger partial charge in [0.25, 0.3) is 0 Å². The van der Waals surface area contributed by atoms with Gasteiger partial charge in [0, 0.05) is 18.7 Å². The molecule has 27 heavy (non-hydrogen) atoms. The molecule has 1 atom stereocenters. The van der Waals surface area contributed by atoms with Crippen molar-refractivity contribution in [2.24, 2.45) is 0 Å². The molecule has 0 saturated carbocycles. The number of likely N-dealkylation sites (tertiary alicyclic amines) is 1. The molecule has 2 aromatic carbocycles. The average molecular weight is 365 g/mol. The molecule has 0 spiro atoms. The van der Waals surface area contributed by atoms with Crippen molar-refractivity contribution in [1.29, 1.82) is 0 Å². The van der Waals surface area contributed by atoms with Gasteiger partial charge >= 0.3 is 0 Å². The number of carbonyl (C=O) groups is 1. The summed E-state index contributed by atoms with van der Waals surface area (Å²) in [7, 11) is 3.22. The maximum Gasteiger partial charge on any atom is 0.246 e. The van der Waals surface area contributed by atoms with Crippen LogP contribution in [0.4, 0.5) is 0 Å². The van der Waals surface area contributed by atoms with Gasteiger partial charge in [0.2, 0.25) is 5.91 Å². The van der Waals surface area contributed by atoms with Gasteiger partial charge in [-0.25, -0.2) is 0 Å².